The first kappa shape index (κ1) is 15.8. The average Bonchev–Trinajstić information content (AvgIpc) is 2.53. The van der Waals surface area contributed by atoms with Crippen LogP contribution in [-0.2, 0) is 16.0 Å². The Morgan fingerprint density at radius 3 is 2.57 bits per heavy atom. The van der Waals surface area contributed by atoms with Crippen molar-refractivity contribution in [3.05, 3.63) is 34.9 Å². The third-order valence-electron chi connectivity index (χ3n) is 3.93. The number of likely N-dealkylation sites (tertiary alicyclic amines) is 1. The Bertz CT molecular complexity index is 513. The highest BCUT2D eigenvalue weighted by Gasteiger charge is 2.26. The zero-order valence-electron chi connectivity index (χ0n) is 11.8. The van der Waals surface area contributed by atoms with Gasteiger partial charge in [0.05, 0.1) is 0 Å². The van der Waals surface area contributed by atoms with E-state index in [1.165, 1.54) is 0 Å². The quantitative estimate of drug-likeness (QED) is 0.503. The van der Waals surface area contributed by atoms with Crippen LogP contribution >= 0.6 is 11.6 Å². The van der Waals surface area contributed by atoms with E-state index in [0.717, 1.165) is 5.56 Å². The lowest BCUT2D eigenvalue weighted by molar-refractivity contribution is -0.135. The van der Waals surface area contributed by atoms with Gasteiger partial charge in [0, 0.05) is 30.5 Å². The molecule has 0 aromatic heterocycles. The zero-order valence-corrected chi connectivity index (χ0v) is 12.6. The molecule has 6 heteroatoms. The molecule has 0 atom stereocenters. The Morgan fingerprint density at radius 1 is 1.29 bits per heavy atom. The summed E-state index contributed by atoms with van der Waals surface area (Å²) in [4.78, 5) is 25.4. The minimum absolute atomic E-state index is 0.0809. The monoisotopic (exact) mass is 309 g/mol. The number of nitrogens with one attached hydrogen (secondary N) is 1. The molecule has 1 aliphatic rings. The molecule has 0 unspecified atom stereocenters. The smallest absolute Gasteiger partial charge is 0.237 e. The molecule has 0 aliphatic carbocycles. The van der Waals surface area contributed by atoms with Crippen molar-refractivity contribution in [2.45, 2.75) is 25.7 Å². The lowest BCUT2D eigenvalue weighted by Crippen LogP contribution is -2.44. The summed E-state index contributed by atoms with van der Waals surface area (Å²) in [5.41, 5.74) is 3.17. The van der Waals surface area contributed by atoms with Crippen molar-refractivity contribution in [3.8, 4) is 0 Å². The summed E-state index contributed by atoms with van der Waals surface area (Å²) in [5.74, 6) is 5.02. The number of nitrogens with zero attached hydrogens (tertiary/aromatic N) is 1. The summed E-state index contributed by atoms with van der Waals surface area (Å²) in [5, 5.41) is 0.698. The fourth-order valence-corrected chi connectivity index (χ4v) is 2.84. The molecule has 0 bridgehead atoms. The molecule has 5 nitrogen and oxygen atoms in total. The van der Waals surface area contributed by atoms with Gasteiger partial charge in [-0.25, -0.2) is 5.84 Å². The molecule has 0 saturated carbocycles. The number of aryl methyl sites for hydroxylation is 1. The number of carbonyl (C=O) groups is 2. The molecule has 1 aromatic carbocycles. The number of hydrogen-bond acceptors (Lipinski definition) is 3. The molecule has 114 valence electrons. The maximum Gasteiger partial charge on any atom is 0.237 e. The summed E-state index contributed by atoms with van der Waals surface area (Å²) in [6.07, 6.45) is 2.42. The predicted molar refractivity (Wildman–Crippen MR) is 81.4 cm³/mol. The van der Waals surface area contributed by atoms with Crippen molar-refractivity contribution in [1.29, 1.82) is 0 Å². The first-order valence-electron chi connectivity index (χ1n) is 7.13. The van der Waals surface area contributed by atoms with Crippen molar-refractivity contribution in [2.75, 3.05) is 13.1 Å². The van der Waals surface area contributed by atoms with Gasteiger partial charge in [0.2, 0.25) is 11.8 Å². The van der Waals surface area contributed by atoms with E-state index < -0.39 is 0 Å². The first-order valence-corrected chi connectivity index (χ1v) is 7.51. The highest BCUT2D eigenvalue weighted by atomic mass is 35.5. The van der Waals surface area contributed by atoms with Gasteiger partial charge in [0.25, 0.3) is 0 Å². The second-order valence-corrected chi connectivity index (χ2v) is 5.66. The number of piperidine rings is 1. The molecule has 1 aliphatic heterocycles. The average molecular weight is 310 g/mol. The molecule has 1 aromatic rings. The maximum absolute atomic E-state index is 12.2. The van der Waals surface area contributed by atoms with Gasteiger partial charge < -0.3 is 4.90 Å². The van der Waals surface area contributed by atoms with Crippen molar-refractivity contribution < 1.29 is 9.59 Å². The molecule has 2 amide bonds. The summed E-state index contributed by atoms with van der Waals surface area (Å²) < 4.78 is 0. The lowest BCUT2D eigenvalue weighted by atomic mass is 9.96. The van der Waals surface area contributed by atoms with Gasteiger partial charge in [0.1, 0.15) is 0 Å². The van der Waals surface area contributed by atoms with Crippen LogP contribution in [0.15, 0.2) is 24.3 Å². The van der Waals surface area contributed by atoms with Crippen LogP contribution in [0.5, 0.6) is 0 Å². The number of hydrogen-bond donors (Lipinski definition) is 2. The van der Waals surface area contributed by atoms with Gasteiger partial charge >= 0.3 is 0 Å². The van der Waals surface area contributed by atoms with E-state index in [1.54, 1.807) is 0 Å². The molecule has 3 N–H and O–H groups in total. The van der Waals surface area contributed by atoms with E-state index in [0.29, 0.717) is 43.8 Å². The predicted octanol–water partition coefficient (Wildman–Crippen LogP) is 1.50. The fraction of sp³-hybridized carbons (Fsp3) is 0.467. The Balaban J connectivity index is 1.80. The molecular weight excluding hydrogens is 290 g/mol. The molecule has 21 heavy (non-hydrogen) atoms. The highest BCUT2D eigenvalue weighted by molar-refractivity contribution is 6.31. The summed E-state index contributed by atoms with van der Waals surface area (Å²) in [7, 11) is 0. The maximum atomic E-state index is 12.2. The molecule has 1 fully saturated rings. The van der Waals surface area contributed by atoms with E-state index in [9.17, 15) is 9.59 Å². The number of rotatable bonds is 4. The normalized spacial score (nSPS) is 15.8. The van der Waals surface area contributed by atoms with E-state index in [-0.39, 0.29) is 17.7 Å². The SMILES string of the molecule is NNC(=O)C1CCN(C(=O)CCc2ccccc2Cl)CC1. The van der Waals surface area contributed by atoms with Gasteiger partial charge in [-0.2, -0.15) is 0 Å². The van der Waals surface area contributed by atoms with Crippen LogP contribution in [0.25, 0.3) is 0 Å². The molecule has 1 saturated heterocycles. The number of hydrazine groups is 1. The lowest BCUT2D eigenvalue weighted by Gasteiger charge is -2.31. The summed E-state index contributed by atoms with van der Waals surface area (Å²) in [6, 6.07) is 7.56. The molecular formula is C15H20ClN3O2. The Labute approximate surface area is 129 Å². The third kappa shape index (κ3) is 4.19. The summed E-state index contributed by atoms with van der Waals surface area (Å²) >= 11 is 6.08. The fourth-order valence-electron chi connectivity index (χ4n) is 2.61. The van der Waals surface area contributed by atoms with E-state index in [4.69, 9.17) is 17.4 Å². The minimum atomic E-state index is -0.141. The first-order chi connectivity index (χ1) is 10.1. The van der Waals surface area contributed by atoms with Crippen LogP contribution in [0.4, 0.5) is 0 Å². The van der Waals surface area contributed by atoms with E-state index >= 15 is 0 Å². The number of halogens is 1. The Kier molecular flexibility index (Phi) is 5.59. The van der Waals surface area contributed by atoms with Gasteiger partial charge in [0.15, 0.2) is 0 Å². The van der Waals surface area contributed by atoms with Crippen molar-refractivity contribution in [3.63, 3.8) is 0 Å². The summed E-state index contributed by atoms with van der Waals surface area (Å²) in [6.45, 7) is 1.22. The topological polar surface area (TPSA) is 75.4 Å². The number of carbonyl (C=O) groups excluding carboxylic acids is 2. The van der Waals surface area contributed by atoms with Gasteiger partial charge in [-0.15, -0.1) is 0 Å². The molecule has 0 radical (unpaired) electrons. The Hall–Kier alpha value is -1.59. The molecule has 0 spiro atoms. The van der Waals surface area contributed by atoms with Crippen LogP contribution in [0.2, 0.25) is 5.02 Å². The van der Waals surface area contributed by atoms with Crippen molar-refractivity contribution in [2.24, 2.45) is 11.8 Å². The standard InChI is InChI=1S/C15H20ClN3O2/c16-13-4-2-1-3-11(13)5-6-14(20)19-9-7-12(8-10-19)15(21)18-17/h1-4,12H,5-10,17H2,(H,18,21). The number of benzene rings is 1. The van der Waals surface area contributed by atoms with E-state index in [1.807, 2.05) is 29.2 Å². The molecule has 1 heterocycles. The third-order valence-corrected chi connectivity index (χ3v) is 4.30. The number of amides is 2. The van der Waals surface area contributed by atoms with Crippen molar-refractivity contribution >= 4 is 23.4 Å². The van der Waals surface area contributed by atoms with Crippen LogP contribution in [0, 0.1) is 5.92 Å². The molecule has 2 rings (SSSR count). The van der Waals surface area contributed by atoms with Crippen LogP contribution < -0.4 is 11.3 Å². The van der Waals surface area contributed by atoms with Gasteiger partial charge in [-0.3, -0.25) is 15.0 Å². The van der Waals surface area contributed by atoms with Crippen molar-refractivity contribution in [1.82, 2.24) is 10.3 Å². The second-order valence-electron chi connectivity index (χ2n) is 5.26. The van der Waals surface area contributed by atoms with Crippen LogP contribution in [0.3, 0.4) is 0 Å². The largest absolute Gasteiger partial charge is 0.343 e. The van der Waals surface area contributed by atoms with Crippen LogP contribution in [0.1, 0.15) is 24.8 Å². The van der Waals surface area contributed by atoms with Gasteiger partial charge in [-0.05, 0) is 30.9 Å². The van der Waals surface area contributed by atoms with Gasteiger partial charge in [-0.1, -0.05) is 29.8 Å². The second kappa shape index (κ2) is 7.43. The Morgan fingerprint density at radius 2 is 1.95 bits per heavy atom. The zero-order chi connectivity index (χ0) is 15.2. The van der Waals surface area contributed by atoms with E-state index in [2.05, 4.69) is 5.43 Å². The number of nitrogens with two attached hydrogens (primary N) is 1. The highest BCUT2D eigenvalue weighted by Crippen LogP contribution is 2.20. The van der Waals surface area contributed by atoms with Crippen LogP contribution in [-0.4, -0.2) is 29.8 Å². The minimum Gasteiger partial charge on any atom is -0.343 e.